The maximum Gasteiger partial charge on any atom is 0.251 e. The van der Waals surface area contributed by atoms with Crippen LogP contribution in [0.5, 0.6) is 0 Å². The highest BCUT2D eigenvalue weighted by atomic mass is 16.5. The average molecular weight is 362 g/mol. The Kier molecular flexibility index (Phi) is 6.09. The maximum absolute atomic E-state index is 12.4. The van der Waals surface area contributed by atoms with Gasteiger partial charge in [0.25, 0.3) is 5.91 Å². The Morgan fingerprint density at radius 1 is 1.00 bits per heavy atom. The molecule has 0 aliphatic heterocycles. The van der Waals surface area contributed by atoms with Gasteiger partial charge in [-0.3, -0.25) is 4.79 Å². The lowest BCUT2D eigenvalue weighted by Gasteiger charge is -2.14. The van der Waals surface area contributed by atoms with Crippen LogP contribution in [0.1, 0.15) is 29.4 Å². The van der Waals surface area contributed by atoms with Crippen molar-refractivity contribution in [2.75, 3.05) is 13.2 Å². The van der Waals surface area contributed by atoms with Crippen LogP contribution in [0.15, 0.2) is 60.7 Å². The Labute approximate surface area is 160 Å². The van der Waals surface area contributed by atoms with E-state index < -0.39 is 5.91 Å². The molecule has 1 heterocycles. The summed E-state index contributed by atoms with van der Waals surface area (Å²) in [6.07, 6.45) is 0.871. The Morgan fingerprint density at radius 3 is 2.15 bits per heavy atom. The van der Waals surface area contributed by atoms with E-state index in [4.69, 9.17) is 10.5 Å². The van der Waals surface area contributed by atoms with Crippen LogP contribution in [0.25, 0.3) is 22.4 Å². The van der Waals surface area contributed by atoms with Crippen molar-refractivity contribution in [1.29, 1.82) is 0 Å². The molecular weight excluding hydrogens is 336 g/mol. The molecule has 0 unspecified atom stereocenters. The minimum absolute atomic E-state index is 0.396. The van der Waals surface area contributed by atoms with E-state index >= 15 is 0 Å². The van der Waals surface area contributed by atoms with E-state index in [1.54, 1.807) is 0 Å². The average Bonchev–Trinajstić information content (AvgIpc) is 2.99. The van der Waals surface area contributed by atoms with Crippen LogP contribution >= 0.6 is 0 Å². The number of hydrogen-bond donors (Lipinski definition) is 1. The minimum atomic E-state index is -0.396. The third kappa shape index (κ3) is 3.96. The fourth-order valence-electron chi connectivity index (χ4n) is 3.57. The number of rotatable bonds is 8. The molecule has 4 nitrogen and oxygen atoms in total. The first-order chi connectivity index (χ1) is 13.1. The number of amides is 1. The molecule has 0 saturated heterocycles. The van der Waals surface area contributed by atoms with Gasteiger partial charge in [-0.15, -0.1) is 0 Å². The quantitative estimate of drug-likeness (QED) is 0.593. The first-order valence-corrected chi connectivity index (χ1v) is 9.36. The van der Waals surface area contributed by atoms with E-state index in [0.717, 1.165) is 41.0 Å². The number of benzene rings is 2. The Hall–Kier alpha value is -2.85. The zero-order chi connectivity index (χ0) is 19.2. The Morgan fingerprint density at radius 2 is 1.59 bits per heavy atom. The second-order valence-electron chi connectivity index (χ2n) is 6.48. The molecule has 0 saturated carbocycles. The van der Waals surface area contributed by atoms with Gasteiger partial charge in [0.15, 0.2) is 0 Å². The molecule has 4 heteroatoms. The normalized spacial score (nSPS) is 10.9. The lowest BCUT2D eigenvalue weighted by Crippen LogP contribution is -2.13. The summed E-state index contributed by atoms with van der Waals surface area (Å²) in [5, 5.41) is 0. The largest absolute Gasteiger partial charge is 0.382 e. The zero-order valence-corrected chi connectivity index (χ0v) is 15.9. The predicted molar refractivity (Wildman–Crippen MR) is 110 cm³/mol. The minimum Gasteiger partial charge on any atom is -0.382 e. The number of ether oxygens (including phenoxy) is 1. The SMILES string of the molecule is CCOCCCn1c(C)c(C(N)=O)c(-c2ccccc2)c1-c1ccccc1. The molecule has 140 valence electrons. The van der Waals surface area contributed by atoms with Crippen molar-refractivity contribution in [3.8, 4) is 22.4 Å². The molecule has 27 heavy (non-hydrogen) atoms. The number of carbonyl (C=O) groups excluding carboxylic acids is 1. The van der Waals surface area contributed by atoms with Crippen LogP contribution in [0.3, 0.4) is 0 Å². The summed E-state index contributed by atoms with van der Waals surface area (Å²) in [5.74, 6) is -0.396. The maximum atomic E-state index is 12.4. The van der Waals surface area contributed by atoms with Crippen molar-refractivity contribution < 1.29 is 9.53 Å². The van der Waals surface area contributed by atoms with Crippen molar-refractivity contribution in [1.82, 2.24) is 4.57 Å². The third-order valence-electron chi connectivity index (χ3n) is 4.75. The summed E-state index contributed by atoms with van der Waals surface area (Å²) in [4.78, 5) is 12.4. The van der Waals surface area contributed by atoms with Gasteiger partial charge in [-0.2, -0.15) is 0 Å². The van der Waals surface area contributed by atoms with Crippen molar-refractivity contribution in [2.45, 2.75) is 26.8 Å². The molecule has 0 spiro atoms. The van der Waals surface area contributed by atoms with Gasteiger partial charge in [-0.25, -0.2) is 0 Å². The number of nitrogens with zero attached hydrogens (tertiary/aromatic N) is 1. The predicted octanol–water partition coefficient (Wildman–Crippen LogP) is 4.66. The van der Waals surface area contributed by atoms with Gasteiger partial charge in [0.1, 0.15) is 0 Å². The van der Waals surface area contributed by atoms with E-state index in [0.29, 0.717) is 18.8 Å². The molecule has 3 rings (SSSR count). The van der Waals surface area contributed by atoms with Crippen LogP contribution in [-0.2, 0) is 11.3 Å². The van der Waals surface area contributed by atoms with Crippen molar-refractivity contribution in [2.24, 2.45) is 5.73 Å². The lowest BCUT2D eigenvalue weighted by atomic mass is 9.96. The van der Waals surface area contributed by atoms with E-state index in [1.165, 1.54) is 0 Å². The van der Waals surface area contributed by atoms with Gasteiger partial charge < -0.3 is 15.0 Å². The van der Waals surface area contributed by atoms with Crippen LogP contribution in [0, 0.1) is 6.92 Å². The van der Waals surface area contributed by atoms with Gasteiger partial charge >= 0.3 is 0 Å². The summed E-state index contributed by atoms with van der Waals surface area (Å²) >= 11 is 0. The molecule has 0 atom stereocenters. The first-order valence-electron chi connectivity index (χ1n) is 9.36. The molecule has 0 aliphatic rings. The summed E-state index contributed by atoms with van der Waals surface area (Å²) in [6, 6.07) is 20.2. The number of primary amides is 1. The monoisotopic (exact) mass is 362 g/mol. The molecule has 0 fully saturated rings. The molecular formula is C23H26N2O2. The van der Waals surface area contributed by atoms with E-state index in [1.807, 2.05) is 62.4 Å². The fraction of sp³-hybridized carbons (Fsp3) is 0.261. The standard InChI is InChI=1S/C23H26N2O2/c1-3-27-16-10-15-25-17(2)20(23(24)26)21(18-11-6-4-7-12-18)22(25)19-13-8-5-9-14-19/h4-9,11-14H,3,10,15-16H2,1-2H3,(H2,24,26). The molecule has 0 aliphatic carbocycles. The van der Waals surface area contributed by atoms with E-state index in [9.17, 15) is 4.79 Å². The number of hydrogen-bond acceptors (Lipinski definition) is 2. The van der Waals surface area contributed by atoms with Gasteiger partial charge in [0.2, 0.25) is 0 Å². The fourth-order valence-corrected chi connectivity index (χ4v) is 3.57. The van der Waals surface area contributed by atoms with Crippen LogP contribution < -0.4 is 5.73 Å². The Bertz CT molecular complexity index is 899. The molecule has 3 aromatic rings. The van der Waals surface area contributed by atoms with Crippen LogP contribution in [0.4, 0.5) is 0 Å². The van der Waals surface area contributed by atoms with Gasteiger partial charge in [-0.05, 0) is 31.4 Å². The van der Waals surface area contributed by atoms with Gasteiger partial charge in [-0.1, -0.05) is 60.7 Å². The Balaban J connectivity index is 2.22. The molecule has 0 bridgehead atoms. The van der Waals surface area contributed by atoms with Crippen LogP contribution in [0.2, 0.25) is 0 Å². The first kappa shape index (κ1) is 18.9. The number of aromatic nitrogens is 1. The molecule has 1 aromatic heterocycles. The highest BCUT2D eigenvalue weighted by Gasteiger charge is 2.25. The second-order valence-corrected chi connectivity index (χ2v) is 6.48. The van der Waals surface area contributed by atoms with E-state index in [-0.39, 0.29) is 0 Å². The lowest BCUT2D eigenvalue weighted by molar-refractivity contribution is 0.1000. The smallest absolute Gasteiger partial charge is 0.251 e. The van der Waals surface area contributed by atoms with Crippen molar-refractivity contribution >= 4 is 5.91 Å². The van der Waals surface area contributed by atoms with Crippen molar-refractivity contribution in [3.63, 3.8) is 0 Å². The van der Waals surface area contributed by atoms with Crippen LogP contribution in [-0.4, -0.2) is 23.7 Å². The third-order valence-corrected chi connectivity index (χ3v) is 4.75. The summed E-state index contributed by atoms with van der Waals surface area (Å²) in [5.41, 5.74) is 11.3. The second kappa shape index (κ2) is 8.69. The molecule has 2 N–H and O–H groups in total. The highest BCUT2D eigenvalue weighted by molar-refractivity contribution is 6.05. The summed E-state index contributed by atoms with van der Waals surface area (Å²) < 4.78 is 7.71. The van der Waals surface area contributed by atoms with E-state index in [2.05, 4.69) is 16.7 Å². The van der Waals surface area contributed by atoms with Crippen molar-refractivity contribution in [3.05, 3.63) is 71.9 Å². The summed E-state index contributed by atoms with van der Waals surface area (Å²) in [6.45, 7) is 6.13. The van der Waals surface area contributed by atoms with Gasteiger partial charge in [0.05, 0.1) is 11.3 Å². The number of carbonyl (C=O) groups is 1. The summed E-state index contributed by atoms with van der Waals surface area (Å²) in [7, 11) is 0. The highest BCUT2D eigenvalue weighted by Crippen LogP contribution is 2.39. The topological polar surface area (TPSA) is 57.2 Å². The molecule has 1 amide bonds. The zero-order valence-electron chi connectivity index (χ0n) is 15.9. The molecule has 0 radical (unpaired) electrons. The number of nitrogens with two attached hydrogens (primary N) is 1. The molecule has 2 aromatic carbocycles. The van der Waals surface area contributed by atoms with Gasteiger partial charge in [0, 0.05) is 31.0 Å².